The highest BCUT2D eigenvalue weighted by molar-refractivity contribution is 14.0. The van der Waals surface area contributed by atoms with Gasteiger partial charge >= 0.3 is 0 Å². The first-order valence-electron chi connectivity index (χ1n) is 10.7. The van der Waals surface area contributed by atoms with Gasteiger partial charge in [0, 0.05) is 32.7 Å². The van der Waals surface area contributed by atoms with E-state index in [0.29, 0.717) is 5.92 Å². The molecule has 0 bridgehead atoms. The molecule has 166 valence electrons. The molecule has 29 heavy (non-hydrogen) atoms. The van der Waals surface area contributed by atoms with Crippen LogP contribution in [0.5, 0.6) is 5.75 Å². The molecule has 1 heterocycles. The van der Waals surface area contributed by atoms with Gasteiger partial charge in [-0.3, -0.25) is 9.89 Å². The van der Waals surface area contributed by atoms with E-state index in [0.717, 1.165) is 77.0 Å². The number of methoxy groups -OCH3 is 1. The number of unbranched alkanes of at least 4 members (excludes halogenated alkanes) is 1. The van der Waals surface area contributed by atoms with Crippen molar-refractivity contribution in [3.8, 4) is 5.75 Å². The average Bonchev–Trinajstić information content (AvgIpc) is 2.74. The second-order valence-electron chi connectivity index (χ2n) is 7.31. The Bertz CT molecular complexity index is 562. The largest absolute Gasteiger partial charge is 0.497 e. The number of benzene rings is 1. The van der Waals surface area contributed by atoms with Crippen LogP contribution >= 0.6 is 24.0 Å². The fourth-order valence-electron chi connectivity index (χ4n) is 3.31. The summed E-state index contributed by atoms with van der Waals surface area (Å²) in [6, 6.07) is 8.36. The Hall–Kier alpha value is -1.06. The predicted octanol–water partition coefficient (Wildman–Crippen LogP) is 3.47. The normalized spacial score (nSPS) is 16.0. The second-order valence-corrected chi connectivity index (χ2v) is 7.31. The molecule has 1 aliphatic rings. The lowest BCUT2D eigenvalue weighted by atomic mass is 9.98. The van der Waals surface area contributed by atoms with Crippen LogP contribution in [0.25, 0.3) is 0 Å². The highest BCUT2D eigenvalue weighted by atomic mass is 127. The molecule has 1 fully saturated rings. The van der Waals surface area contributed by atoms with Crippen molar-refractivity contribution >= 4 is 29.9 Å². The zero-order valence-corrected chi connectivity index (χ0v) is 20.6. The van der Waals surface area contributed by atoms with Crippen molar-refractivity contribution in [1.82, 2.24) is 15.5 Å². The van der Waals surface area contributed by atoms with Crippen LogP contribution in [0, 0.1) is 0 Å². The zero-order valence-electron chi connectivity index (χ0n) is 18.3. The molecular weight excluding hydrogens is 479 g/mol. The maximum absolute atomic E-state index is 5.39. The number of hydrogen-bond donors (Lipinski definition) is 2. The van der Waals surface area contributed by atoms with Gasteiger partial charge in [0.25, 0.3) is 0 Å². The summed E-state index contributed by atoms with van der Waals surface area (Å²) >= 11 is 0. The minimum absolute atomic E-state index is 0. The fraction of sp³-hybridized carbons (Fsp3) is 0.682. The standard InChI is InChI=1S/C22H38N4O2.HI/c1-4-23-22(24-12-5-6-14-26-15-17-28-18-16-26)25-13-11-19(2)20-7-9-21(27-3)10-8-20;/h7-10,19H,4-6,11-18H2,1-3H3,(H2,23,24,25);1H. The van der Waals surface area contributed by atoms with E-state index in [2.05, 4.69) is 41.5 Å². The molecule has 1 aromatic rings. The Morgan fingerprint density at radius 1 is 1.17 bits per heavy atom. The highest BCUT2D eigenvalue weighted by Gasteiger charge is 2.09. The Labute approximate surface area is 193 Å². The Morgan fingerprint density at radius 3 is 2.55 bits per heavy atom. The van der Waals surface area contributed by atoms with Crippen LogP contribution < -0.4 is 15.4 Å². The quantitative estimate of drug-likeness (QED) is 0.203. The molecule has 0 amide bonds. The highest BCUT2D eigenvalue weighted by Crippen LogP contribution is 2.21. The van der Waals surface area contributed by atoms with Crippen LogP contribution in [0.2, 0.25) is 0 Å². The average molecular weight is 518 g/mol. The topological polar surface area (TPSA) is 58.1 Å². The minimum atomic E-state index is 0. The van der Waals surface area contributed by atoms with E-state index >= 15 is 0 Å². The molecule has 0 spiro atoms. The lowest BCUT2D eigenvalue weighted by Crippen LogP contribution is -2.38. The van der Waals surface area contributed by atoms with Gasteiger partial charge in [-0.2, -0.15) is 0 Å². The van der Waals surface area contributed by atoms with Crippen molar-refractivity contribution in [3.05, 3.63) is 29.8 Å². The molecule has 0 saturated carbocycles. The van der Waals surface area contributed by atoms with Gasteiger partial charge in [-0.1, -0.05) is 19.1 Å². The van der Waals surface area contributed by atoms with Crippen molar-refractivity contribution in [1.29, 1.82) is 0 Å². The van der Waals surface area contributed by atoms with Crippen LogP contribution in [0.4, 0.5) is 0 Å². The first-order chi connectivity index (χ1) is 13.7. The van der Waals surface area contributed by atoms with Gasteiger partial charge in [0.15, 0.2) is 5.96 Å². The maximum Gasteiger partial charge on any atom is 0.191 e. The SMILES string of the molecule is CCNC(=NCCCCN1CCOCC1)NCCC(C)c1ccc(OC)cc1.I. The lowest BCUT2D eigenvalue weighted by molar-refractivity contribution is 0.0373. The van der Waals surface area contributed by atoms with Crippen LogP contribution in [-0.4, -0.2) is 70.5 Å². The number of nitrogens with one attached hydrogen (secondary N) is 2. The van der Waals surface area contributed by atoms with Crippen molar-refractivity contribution in [2.24, 2.45) is 4.99 Å². The summed E-state index contributed by atoms with van der Waals surface area (Å²) in [4.78, 5) is 7.21. The summed E-state index contributed by atoms with van der Waals surface area (Å²) in [6.45, 7) is 12.1. The third kappa shape index (κ3) is 10.5. The van der Waals surface area contributed by atoms with Crippen molar-refractivity contribution in [2.75, 3.05) is 59.6 Å². The van der Waals surface area contributed by atoms with Gasteiger partial charge in [-0.15, -0.1) is 24.0 Å². The molecule has 2 rings (SSSR count). The molecule has 0 aromatic heterocycles. The van der Waals surface area contributed by atoms with Gasteiger partial charge in [0.2, 0.25) is 0 Å². The lowest BCUT2D eigenvalue weighted by Gasteiger charge is -2.26. The third-order valence-electron chi connectivity index (χ3n) is 5.15. The minimum Gasteiger partial charge on any atom is -0.497 e. The predicted molar refractivity (Wildman–Crippen MR) is 132 cm³/mol. The van der Waals surface area contributed by atoms with E-state index in [1.165, 1.54) is 12.0 Å². The Kier molecular flexibility index (Phi) is 14.1. The molecular formula is C22H39IN4O2. The maximum atomic E-state index is 5.39. The van der Waals surface area contributed by atoms with Crippen LogP contribution in [0.15, 0.2) is 29.3 Å². The van der Waals surface area contributed by atoms with E-state index in [1.54, 1.807) is 7.11 Å². The third-order valence-corrected chi connectivity index (χ3v) is 5.15. The number of hydrogen-bond acceptors (Lipinski definition) is 4. The van der Waals surface area contributed by atoms with Crippen LogP contribution in [-0.2, 0) is 4.74 Å². The molecule has 6 nitrogen and oxygen atoms in total. The molecule has 1 aliphatic heterocycles. The van der Waals surface area contributed by atoms with E-state index < -0.39 is 0 Å². The Morgan fingerprint density at radius 2 is 1.90 bits per heavy atom. The molecule has 7 heteroatoms. The Balaban J connectivity index is 0.00000420. The van der Waals surface area contributed by atoms with E-state index in [4.69, 9.17) is 14.5 Å². The van der Waals surface area contributed by atoms with Crippen molar-refractivity contribution in [2.45, 2.75) is 39.0 Å². The summed E-state index contributed by atoms with van der Waals surface area (Å²) in [7, 11) is 1.70. The van der Waals surface area contributed by atoms with Gasteiger partial charge < -0.3 is 20.1 Å². The molecule has 1 aromatic carbocycles. The van der Waals surface area contributed by atoms with Crippen molar-refractivity contribution < 1.29 is 9.47 Å². The number of aliphatic imine (C=N–C) groups is 1. The summed E-state index contributed by atoms with van der Waals surface area (Å²) in [6.07, 6.45) is 3.38. The van der Waals surface area contributed by atoms with E-state index in [-0.39, 0.29) is 24.0 Å². The molecule has 1 unspecified atom stereocenters. The number of guanidine groups is 1. The molecule has 1 atom stereocenters. The number of rotatable bonds is 11. The summed E-state index contributed by atoms with van der Waals surface area (Å²) < 4.78 is 10.6. The fourth-order valence-corrected chi connectivity index (χ4v) is 3.31. The molecule has 0 aliphatic carbocycles. The van der Waals surface area contributed by atoms with Crippen LogP contribution in [0.1, 0.15) is 44.6 Å². The van der Waals surface area contributed by atoms with Crippen LogP contribution in [0.3, 0.4) is 0 Å². The van der Waals surface area contributed by atoms with Gasteiger partial charge in [-0.05, 0) is 56.3 Å². The van der Waals surface area contributed by atoms with E-state index in [1.807, 2.05) is 12.1 Å². The molecule has 1 saturated heterocycles. The summed E-state index contributed by atoms with van der Waals surface area (Å²) in [5.74, 6) is 2.33. The summed E-state index contributed by atoms with van der Waals surface area (Å²) in [5, 5.41) is 6.82. The number of nitrogens with zero attached hydrogens (tertiary/aromatic N) is 2. The first kappa shape index (κ1) is 26.0. The van der Waals surface area contributed by atoms with Gasteiger partial charge in [-0.25, -0.2) is 0 Å². The number of ether oxygens (including phenoxy) is 2. The van der Waals surface area contributed by atoms with Gasteiger partial charge in [0.05, 0.1) is 20.3 Å². The molecule has 0 radical (unpaired) electrons. The molecule has 2 N–H and O–H groups in total. The van der Waals surface area contributed by atoms with E-state index in [9.17, 15) is 0 Å². The smallest absolute Gasteiger partial charge is 0.191 e. The summed E-state index contributed by atoms with van der Waals surface area (Å²) in [5.41, 5.74) is 1.34. The monoisotopic (exact) mass is 518 g/mol. The first-order valence-corrected chi connectivity index (χ1v) is 10.7. The van der Waals surface area contributed by atoms with Crippen molar-refractivity contribution in [3.63, 3.8) is 0 Å². The zero-order chi connectivity index (χ0) is 20.0. The number of morpholine rings is 1. The second kappa shape index (κ2) is 15.7. The van der Waals surface area contributed by atoms with Gasteiger partial charge in [0.1, 0.15) is 5.75 Å². The number of halogens is 1.